The van der Waals surface area contributed by atoms with Crippen LogP contribution >= 0.6 is 0 Å². The molecule has 1 aliphatic heterocycles. The molecule has 0 fully saturated rings. The highest BCUT2D eigenvalue weighted by Gasteiger charge is 2.35. The monoisotopic (exact) mass is 285 g/mol. The molecule has 0 saturated heterocycles. The number of amides is 1. The van der Waals surface area contributed by atoms with Crippen molar-refractivity contribution in [2.75, 3.05) is 18.6 Å². The Kier molecular flexibility index (Phi) is 3.43. The average molecular weight is 285 g/mol. The molecule has 0 atom stereocenters. The van der Waals surface area contributed by atoms with E-state index in [0.717, 1.165) is 13.0 Å². The zero-order valence-electron chi connectivity index (χ0n) is 11.7. The largest absolute Gasteiger partial charge is 0.497 e. The summed E-state index contributed by atoms with van der Waals surface area (Å²) in [6.07, 6.45) is 6.07. The molecule has 21 heavy (non-hydrogen) atoms. The fraction of sp³-hybridized carbons (Fsp3) is 0.267. The van der Waals surface area contributed by atoms with Crippen molar-refractivity contribution in [1.29, 1.82) is 0 Å². The minimum atomic E-state index is -0.469. The first kappa shape index (κ1) is 13.4. The van der Waals surface area contributed by atoms with E-state index in [2.05, 4.69) is 4.98 Å². The first-order valence-electron chi connectivity index (χ1n) is 6.70. The molecule has 0 aliphatic carbocycles. The molecule has 6 heteroatoms. The number of carbonyl (C=O) groups excluding carboxylic acids is 2. The SMILES string of the molecule is COc1ccc2c(c1)C(=O)C(=O)N2CCCn1ccnc1. The molecule has 1 aromatic heterocycles. The van der Waals surface area contributed by atoms with Crippen molar-refractivity contribution in [2.45, 2.75) is 13.0 Å². The van der Waals surface area contributed by atoms with Crippen LogP contribution in [0.3, 0.4) is 0 Å². The van der Waals surface area contributed by atoms with Crippen molar-refractivity contribution in [2.24, 2.45) is 0 Å². The van der Waals surface area contributed by atoms with Crippen LogP contribution in [0.2, 0.25) is 0 Å². The number of fused-ring (bicyclic) bond motifs is 1. The Labute approximate surface area is 122 Å². The van der Waals surface area contributed by atoms with Gasteiger partial charge in [-0.05, 0) is 24.6 Å². The van der Waals surface area contributed by atoms with Gasteiger partial charge < -0.3 is 14.2 Å². The molecule has 0 spiro atoms. The van der Waals surface area contributed by atoms with E-state index in [1.165, 1.54) is 12.0 Å². The number of hydrogen-bond donors (Lipinski definition) is 0. The lowest BCUT2D eigenvalue weighted by Crippen LogP contribution is -2.31. The highest BCUT2D eigenvalue weighted by atomic mass is 16.5. The number of nitrogens with zero attached hydrogens (tertiary/aromatic N) is 3. The first-order chi connectivity index (χ1) is 10.2. The van der Waals surface area contributed by atoms with E-state index in [1.54, 1.807) is 30.7 Å². The quantitative estimate of drug-likeness (QED) is 0.781. The summed E-state index contributed by atoms with van der Waals surface area (Å²) < 4.78 is 7.04. The van der Waals surface area contributed by atoms with Crippen LogP contribution in [0.4, 0.5) is 5.69 Å². The van der Waals surface area contributed by atoms with E-state index in [0.29, 0.717) is 23.5 Å². The average Bonchev–Trinajstić information content (AvgIpc) is 3.10. The summed E-state index contributed by atoms with van der Waals surface area (Å²) in [5, 5.41) is 0. The minimum Gasteiger partial charge on any atom is -0.497 e. The molecule has 6 nitrogen and oxygen atoms in total. The van der Waals surface area contributed by atoms with Gasteiger partial charge >= 0.3 is 0 Å². The minimum absolute atomic E-state index is 0.419. The van der Waals surface area contributed by atoms with Gasteiger partial charge in [0.05, 0.1) is 24.7 Å². The van der Waals surface area contributed by atoms with Gasteiger partial charge in [-0.2, -0.15) is 0 Å². The number of aromatic nitrogens is 2. The number of aryl methyl sites for hydroxylation is 1. The van der Waals surface area contributed by atoms with Crippen LogP contribution in [0, 0.1) is 0 Å². The van der Waals surface area contributed by atoms with Gasteiger partial charge in [0.1, 0.15) is 5.75 Å². The number of carbonyl (C=O) groups is 2. The molecule has 1 amide bonds. The molecule has 0 unspecified atom stereocenters. The van der Waals surface area contributed by atoms with Crippen LogP contribution in [-0.2, 0) is 11.3 Å². The molecule has 3 rings (SSSR count). The standard InChI is InChI=1S/C15H15N3O3/c1-21-11-3-4-13-12(9-11)14(19)15(20)18(13)7-2-6-17-8-5-16-10-17/h3-5,8-10H,2,6-7H2,1H3. The van der Waals surface area contributed by atoms with Gasteiger partial charge in [0.25, 0.3) is 11.7 Å². The van der Waals surface area contributed by atoms with Gasteiger partial charge in [-0.3, -0.25) is 9.59 Å². The molecule has 0 N–H and O–H groups in total. The second-order valence-electron chi connectivity index (χ2n) is 4.82. The second-order valence-corrected chi connectivity index (χ2v) is 4.82. The predicted octanol–water partition coefficient (Wildman–Crippen LogP) is 1.51. The topological polar surface area (TPSA) is 64.4 Å². The lowest BCUT2D eigenvalue weighted by atomic mass is 10.1. The number of anilines is 1. The van der Waals surface area contributed by atoms with Gasteiger partial charge in [-0.1, -0.05) is 0 Å². The summed E-state index contributed by atoms with van der Waals surface area (Å²) >= 11 is 0. The van der Waals surface area contributed by atoms with Gasteiger partial charge in [0, 0.05) is 25.5 Å². The van der Waals surface area contributed by atoms with Gasteiger partial charge in [-0.25, -0.2) is 4.98 Å². The lowest BCUT2D eigenvalue weighted by Gasteiger charge is -2.16. The summed E-state index contributed by atoms with van der Waals surface area (Å²) in [4.78, 5) is 29.6. The highest BCUT2D eigenvalue weighted by molar-refractivity contribution is 6.52. The van der Waals surface area contributed by atoms with Crippen molar-refractivity contribution in [1.82, 2.24) is 9.55 Å². The number of imidazole rings is 1. The lowest BCUT2D eigenvalue weighted by molar-refractivity contribution is -0.114. The Morgan fingerprint density at radius 1 is 1.24 bits per heavy atom. The Bertz CT molecular complexity index is 679. The third-order valence-corrected chi connectivity index (χ3v) is 3.54. The van der Waals surface area contributed by atoms with Crippen LogP contribution in [0.1, 0.15) is 16.8 Å². The van der Waals surface area contributed by atoms with Crippen molar-refractivity contribution in [3.05, 3.63) is 42.5 Å². The molecular weight excluding hydrogens is 270 g/mol. The van der Waals surface area contributed by atoms with Gasteiger partial charge in [-0.15, -0.1) is 0 Å². The summed E-state index contributed by atoms with van der Waals surface area (Å²) in [5.41, 5.74) is 1.08. The maximum atomic E-state index is 12.1. The number of rotatable bonds is 5. The highest BCUT2D eigenvalue weighted by Crippen LogP contribution is 2.32. The van der Waals surface area contributed by atoms with Crippen LogP contribution in [0.5, 0.6) is 5.75 Å². The Hall–Kier alpha value is -2.63. The Morgan fingerprint density at radius 2 is 2.10 bits per heavy atom. The zero-order chi connectivity index (χ0) is 14.8. The van der Waals surface area contributed by atoms with Gasteiger partial charge in [0.15, 0.2) is 0 Å². The van der Waals surface area contributed by atoms with Crippen molar-refractivity contribution >= 4 is 17.4 Å². The number of ketones is 1. The third kappa shape index (κ3) is 2.40. The molecule has 108 valence electrons. The van der Waals surface area contributed by atoms with Crippen molar-refractivity contribution < 1.29 is 14.3 Å². The Morgan fingerprint density at radius 3 is 2.81 bits per heavy atom. The normalized spacial score (nSPS) is 13.7. The van der Waals surface area contributed by atoms with Gasteiger partial charge in [0.2, 0.25) is 0 Å². The zero-order valence-corrected chi connectivity index (χ0v) is 11.7. The molecule has 0 bridgehead atoms. The van der Waals surface area contributed by atoms with Crippen LogP contribution in [-0.4, -0.2) is 34.9 Å². The number of methoxy groups -OCH3 is 1. The van der Waals surface area contributed by atoms with E-state index in [4.69, 9.17) is 4.74 Å². The number of hydrogen-bond acceptors (Lipinski definition) is 4. The number of benzene rings is 1. The number of ether oxygens (including phenoxy) is 1. The first-order valence-corrected chi connectivity index (χ1v) is 6.70. The summed E-state index contributed by atoms with van der Waals surface area (Å²) in [7, 11) is 1.53. The Balaban J connectivity index is 1.74. The molecule has 1 aliphatic rings. The number of Topliss-reactive ketones (excluding diaryl/α,β-unsaturated/α-hetero) is 1. The van der Waals surface area contributed by atoms with E-state index in [1.807, 2.05) is 10.8 Å². The molecule has 2 heterocycles. The second kappa shape index (κ2) is 5.40. The van der Waals surface area contributed by atoms with Crippen LogP contribution in [0.25, 0.3) is 0 Å². The summed E-state index contributed by atoms with van der Waals surface area (Å²) in [5.74, 6) is -0.356. The summed E-state index contributed by atoms with van der Waals surface area (Å²) in [6.45, 7) is 1.26. The van der Waals surface area contributed by atoms with Crippen LogP contribution < -0.4 is 9.64 Å². The van der Waals surface area contributed by atoms with Crippen molar-refractivity contribution in [3.63, 3.8) is 0 Å². The maximum absolute atomic E-state index is 12.1. The maximum Gasteiger partial charge on any atom is 0.299 e. The summed E-state index contributed by atoms with van der Waals surface area (Å²) in [6, 6.07) is 5.13. The fourth-order valence-corrected chi connectivity index (χ4v) is 2.46. The molecule has 0 saturated carbocycles. The molecular formula is C15H15N3O3. The third-order valence-electron chi connectivity index (χ3n) is 3.54. The fourth-order valence-electron chi connectivity index (χ4n) is 2.46. The van der Waals surface area contributed by atoms with E-state index in [9.17, 15) is 9.59 Å². The molecule has 2 aromatic rings. The molecule has 0 radical (unpaired) electrons. The smallest absolute Gasteiger partial charge is 0.299 e. The van der Waals surface area contributed by atoms with Crippen molar-refractivity contribution in [3.8, 4) is 5.75 Å². The van der Waals surface area contributed by atoms with Crippen LogP contribution in [0.15, 0.2) is 36.9 Å². The van der Waals surface area contributed by atoms with E-state index in [-0.39, 0.29) is 0 Å². The van der Waals surface area contributed by atoms with E-state index >= 15 is 0 Å². The predicted molar refractivity (Wildman–Crippen MR) is 76.5 cm³/mol. The molecule has 1 aromatic carbocycles. The van der Waals surface area contributed by atoms with E-state index < -0.39 is 11.7 Å².